The fourth-order valence-electron chi connectivity index (χ4n) is 4.38. The maximum absolute atomic E-state index is 12.9. The molecule has 7 nitrogen and oxygen atoms in total. The normalized spacial score (nSPS) is 19.5. The van der Waals surface area contributed by atoms with Gasteiger partial charge >= 0.3 is 0 Å². The van der Waals surface area contributed by atoms with Gasteiger partial charge in [0.05, 0.1) is 0 Å². The summed E-state index contributed by atoms with van der Waals surface area (Å²) >= 11 is 7.63. The third-order valence-electron chi connectivity index (χ3n) is 6.07. The molecule has 0 aliphatic carbocycles. The van der Waals surface area contributed by atoms with E-state index in [1.54, 1.807) is 12.4 Å². The van der Waals surface area contributed by atoms with Gasteiger partial charge in [0.1, 0.15) is 5.15 Å². The number of carbonyl (C=O) groups excluding carboxylic acids is 2. The van der Waals surface area contributed by atoms with E-state index in [1.165, 1.54) is 11.3 Å². The van der Waals surface area contributed by atoms with Crippen LogP contribution in [0.2, 0.25) is 5.15 Å². The maximum atomic E-state index is 12.9. The van der Waals surface area contributed by atoms with Crippen molar-refractivity contribution >= 4 is 40.4 Å². The monoisotopic (exact) mass is 467 g/mol. The smallest absolute Gasteiger partial charge is 0.282 e. The number of carbonyl (C=O) groups is 2. The van der Waals surface area contributed by atoms with Crippen molar-refractivity contribution in [1.29, 1.82) is 0 Å². The number of aromatic nitrogens is 2. The predicted molar refractivity (Wildman–Crippen MR) is 125 cm³/mol. The van der Waals surface area contributed by atoms with Gasteiger partial charge in [0.25, 0.3) is 5.91 Å². The van der Waals surface area contributed by atoms with Crippen molar-refractivity contribution in [2.45, 2.75) is 12.5 Å². The van der Waals surface area contributed by atoms with E-state index in [0.717, 1.165) is 29.9 Å². The minimum Gasteiger partial charge on any atom is -0.334 e. The van der Waals surface area contributed by atoms with E-state index in [2.05, 4.69) is 14.9 Å². The topological polar surface area (TPSA) is 69.6 Å². The van der Waals surface area contributed by atoms with Crippen molar-refractivity contribution in [2.75, 3.05) is 37.6 Å². The molecule has 1 unspecified atom stereocenters. The Morgan fingerprint density at radius 3 is 2.66 bits per heavy atom. The Balaban J connectivity index is 1.25. The lowest BCUT2D eigenvalue weighted by molar-refractivity contribution is -0.117. The van der Waals surface area contributed by atoms with E-state index in [-0.39, 0.29) is 17.9 Å². The second-order valence-corrected chi connectivity index (χ2v) is 9.17. The number of amides is 2. The SMILES string of the molecule is O=C(c1nccs1)N1CCN(C2CC(=O)N(c3cccc(-c4cccnc4Cl)c3)C2)CC1. The molecule has 2 amide bonds. The molecule has 0 bridgehead atoms. The van der Waals surface area contributed by atoms with Crippen LogP contribution in [-0.4, -0.2) is 70.3 Å². The molecule has 2 saturated heterocycles. The third kappa shape index (κ3) is 4.13. The van der Waals surface area contributed by atoms with Gasteiger partial charge in [-0.15, -0.1) is 11.3 Å². The summed E-state index contributed by atoms with van der Waals surface area (Å²) < 4.78 is 0. The number of pyridine rings is 1. The van der Waals surface area contributed by atoms with Gasteiger partial charge in [-0.3, -0.25) is 14.5 Å². The number of benzene rings is 1. The molecule has 4 heterocycles. The predicted octanol–water partition coefficient (Wildman–Crippen LogP) is 3.42. The summed E-state index contributed by atoms with van der Waals surface area (Å²) in [6, 6.07) is 11.8. The summed E-state index contributed by atoms with van der Waals surface area (Å²) in [5, 5.41) is 2.80. The molecule has 1 atom stereocenters. The van der Waals surface area contributed by atoms with Gasteiger partial charge in [0, 0.05) is 74.2 Å². The molecule has 0 saturated carbocycles. The molecule has 2 fully saturated rings. The Bertz CT molecular complexity index is 1130. The highest BCUT2D eigenvalue weighted by Crippen LogP contribution is 2.31. The first-order chi connectivity index (χ1) is 15.6. The fourth-order valence-corrected chi connectivity index (χ4v) is 5.21. The Labute approximate surface area is 195 Å². The molecule has 0 radical (unpaired) electrons. The second kappa shape index (κ2) is 8.97. The lowest BCUT2D eigenvalue weighted by Crippen LogP contribution is -2.52. The number of halogens is 1. The van der Waals surface area contributed by atoms with Gasteiger partial charge in [-0.1, -0.05) is 23.7 Å². The first kappa shape index (κ1) is 21.1. The van der Waals surface area contributed by atoms with Crippen LogP contribution in [0.5, 0.6) is 0 Å². The fraction of sp³-hybridized carbons (Fsp3) is 0.304. The van der Waals surface area contributed by atoms with Crippen LogP contribution in [0, 0.1) is 0 Å². The minimum atomic E-state index is -0.00495. The van der Waals surface area contributed by atoms with Gasteiger partial charge in [-0.05, 0) is 29.8 Å². The Hall–Kier alpha value is -2.81. The number of rotatable bonds is 4. The first-order valence-corrected chi connectivity index (χ1v) is 11.8. The Kier molecular flexibility index (Phi) is 5.91. The van der Waals surface area contributed by atoms with Crippen molar-refractivity contribution in [3.05, 3.63) is 64.3 Å². The lowest BCUT2D eigenvalue weighted by atomic mass is 10.1. The number of thiazole rings is 1. The lowest BCUT2D eigenvalue weighted by Gasteiger charge is -2.37. The molecule has 5 rings (SSSR count). The standard InChI is InChI=1S/C23H22ClN5O2S/c24-21-19(5-2-6-25-21)16-3-1-4-17(13-16)29-15-18(14-20(29)30)27-8-10-28(11-9-27)23(31)22-26-7-12-32-22/h1-7,12-13,18H,8-11,14-15H2. The van der Waals surface area contributed by atoms with Crippen LogP contribution in [-0.2, 0) is 4.79 Å². The van der Waals surface area contributed by atoms with E-state index >= 15 is 0 Å². The zero-order valence-electron chi connectivity index (χ0n) is 17.4. The van der Waals surface area contributed by atoms with Crippen LogP contribution in [0.4, 0.5) is 5.69 Å². The van der Waals surface area contributed by atoms with Crippen LogP contribution >= 0.6 is 22.9 Å². The van der Waals surface area contributed by atoms with Crippen molar-refractivity contribution in [3.8, 4) is 11.1 Å². The number of piperazine rings is 1. The number of hydrogen-bond acceptors (Lipinski definition) is 6. The van der Waals surface area contributed by atoms with E-state index in [1.807, 2.05) is 51.6 Å². The summed E-state index contributed by atoms with van der Waals surface area (Å²) in [5.74, 6) is 0.111. The highest BCUT2D eigenvalue weighted by atomic mass is 35.5. The van der Waals surface area contributed by atoms with Crippen LogP contribution in [0.3, 0.4) is 0 Å². The quantitative estimate of drug-likeness (QED) is 0.550. The van der Waals surface area contributed by atoms with E-state index in [4.69, 9.17) is 11.6 Å². The van der Waals surface area contributed by atoms with Crippen LogP contribution in [0.15, 0.2) is 54.2 Å². The van der Waals surface area contributed by atoms with Gasteiger partial charge in [-0.25, -0.2) is 9.97 Å². The summed E-state index contributed by atoms with van der Waals surface area (Å²) in [7, 11) is 0. The molecule has 32 heavy (non-hydrogen) atoms. The van der Waals surface area contributed by atoms with E-state index in [9.17, 15) is 9.59 Å². The Morgan fingerprint density at radius 1 is 1.06 bits per heavy atom. The van der Waals surface area contributed by atoms with Gasteiger partial charge in [-0.2, -0.15) is 0 Å². The number of nitrogens with zero attached hydrogens (tertiary/aromatic N) is 5. The van der Waals surface area contributed by atoms with Crippen LogP contribution in [0.1, 0.15) is 16.2 Å². The maximum Gasteiger partial charge on any atom is 0.282 e. The van der Waals surface area contributed by atoms with Crippen molar-refractivity contribution in [3.63, 3.8) is 0 Å². The molecule has 2 aliphatic rings. The molecular weight excluding hydrogens is 446 g/mol. The largest absolute Gasteiger partial charge is 0.334 e. The minimum absolute atomic E-state index is 0.00495. The van der Waals surface area contributed by atoms with Crippen LogP contribution < -0.4 is 4.90 Å². The third-order valence-corrected chi connectivity index (χ3v) is 7.13. The van der Waals surface area contributed by atoms with Gasteiger partial charge in [0.15, 0.2) is 5.01 Å². The average molecular weight is 468 g/mol. The van der Waals surface area contributed by atoms with Crippen LogP contribution in [0.25, 0.3) is 11.1 Å². The molecule has 9 heteroatoms. The van der Waals surface area contributed by atoms with Crippen molar-refractivity contribution in [1.82, 2.24) is 19.8 Å². The Morgan fingerprint density at radius 2 is 1.91 bits per heavy atom. The van der Waals surface area contributed by atoms with Gasteiger partial charge < -0.3 is 9.80 Å². The van der Waals surface area contributed by atoms with Crippen molar-refractivity contribution in [2.24, 2.45) is 0 Å². The van der Waals surface area contributed by atoms with E-state index in [0.29, 0.717) is 36.2 Å². The zero-order valence-corrected chi connectivity index (χ0v) is 18.9. The average Bonchev–Trinajstić information content (AvgIpc) is 3.49. The second-order valence-electron chi connectivity index (χ2n) is 7.92. The molecule has 2 aliphatic heterocycles. The molecule has 1 aromatic carbocycles. The zero-order chi connectivity index (χ0) is 22.1. The number of anilines is 1. The number of hydrogen-bond donors (Lipinski definition) is 0. The highest BCUT2D eigenvalue weighted by molar-refractivity contribution is 7.11. The van der Waals surface area contributed by atoms with Gasteiger partial charge in [0.2, 0.25) is 5.91 Å². The highest BCUT2D eigenvalue weighted by Gasteiger charge is 2.36. The van der Waals surface area contributed by atoms with E-state index < -0.39 is 0 Å². The summed E-state index contributed by atoms with van der Waals surface area (Å²) in [6.45, 7) is 3.46. The molecule has 0 N–H and O–H groups in total. The molecule has 3 aromatic rings. The summed E-state index contributed by atoms with van der Waals surface area (Å²) in [6.07, 6.45) is 3.80. The summed E-state index contributed by atoms with van der Waals surface area (Å²) in [5.41, 5.74) is 2.65. The molecule has 164 valence electrons. The summed E-state index contributed by atoms with van der Waals surface area (Å²) in [4.78, 5) is 39.7. The molecular formula is C23H22ClN5O2S. The first-order valence-electron chi connectivity index (χ1n) is 10.5. The van der Waals surface area contributed by atoms with Crippen molar-refractivity contribution < 1.29 is 9.59 Å². The molecule has 0 spiro atoms. The molecule has 2 aromatic heterocycles.